The minimum atomic E-state index is -0.0783. The van der Waals surface area contributed by atoms with Crippen LogP contribution in [0.25, 0.3) is 55.5 Å². The van der Waals surface area contributed by atoms with Crippen LogP contribution >= 0.6 is 0 Å². The average molecular weight is 599 g/mol. The SMILES string of the molecule is C[n+]1[c-]n(-c2cc(Oc3ccc4c5ccccc5n(-c5cc(-c6ccccc6)ccn5)c4c3)cc(C(C)(C)C)c2)c2ccccc21. The Balaban J connectivity index is 1.27. The number of benzene rings is 5. The molecule has 3 aromatic heterocycles. The Hall–Kier alpha value is -5.68. The summed E-state index contributed by atoms with van der Waals surface area (Å²) in [5.41, 5.74) is 8.76. The van der Waals surface area contributed by atoms with Gasteiger partial charge < -0.3 is 13.9 Å². The molecule has 0 bridgehead atoms. The van der Waals surface area contributed by atoms with Gasteiger partial charge in [-0.1, -0.05) is 99.6 Å². The van der Waals surface area contributed by atoms with Crippen LogP contribution in [-0.2, 0) is 12.5 Å². The van der Waals surface area contributed by atoms with Crippen LogP contribution in [0.3, 0.4) is 0 Å². The van der Waals surface area contributed by atoms with Crippen molar-refractivity contribution in [3.05, 3.63) is 145 Å². The highest BCUT2D eigenvalue weighted by molar-refractivity contribution is 6.09. The second kappa shape index (κ2) is 10.7. The van der Waals surface area contributed by atoms with Crippen molar-refractivity contribution >= 4 is 32.8 Å². The molecule has 0 fully saturated rings. The zero-order valence-electron chi connectivity index (χ0n) is 26.4. The fourth-order valence-corrected chi connectivity index (χ4v) is 6.34. The fourth-order valence-electron chi connectivity index (χ4n) is 6.34. The summed E-state index contributed by atoms with van der Waals surface area (Å²) in [4.78, 5) is 4.85. The number of nitrogens with zero attached hydrogens (tertiary/aromatic N) is 4. The zero-order valence-corrected chi connectivity index (χ0v) is 26.4. The molecule has 5 heteroatoms. The Morgan fingerprint density at radius 1 is 0.652 bits per heavy atom. The van der Waals surface area contributed by atoms with E-state index in [-0.39, 0.29) is 5.41 Å². The van der Waals surface area contributed by atoms with Crippen molar-refractivity contribution in [1.29, 1.82) is 0 Å². The minimum absolute atomic E-state index is 0.0783. The number of hydrogen-bond acceptors (Lipinski definition) is 2. The largest absolute Gasteiger partial charge is 0.458 e. The van der Waals surface area contributed by atoms with Gasteiger partial charge in [0.15, 0.2) is 0 Å². The first-order valence-corrected chi connectivity index (χ1v) is 15.6. The van der Waals surface area contributed by atoms with Crippen molar-refractivity contribution in [2.24, 2.45) is 7.05 Å². The summed E-state index contributed by atoms with van der Waals surface area (Å²) >= 11 is 0. The molecular weight excluding hydrogens is 564 g/mol. The molecule has 0 atom stereocenters. The van der Waals surface area contributed by atoms with E-state index in [1.165, 1.54) is 10.9 Å². The molecule has 0 aliphatic rings. The van der Waals surface area contributed by atoms with Gasteiger partial charge in [-0.05, 0) is 64.6 Å². The van der Waals surface area contributed by atoms with Gasteiger partial charge >= 0.3 is 0 Å². The van der Waals surface area contributed by atoms with E-state index in [2.05, 4.69) is 158 Å². The number of aryl methyl sites for hydroxylation is 1. The van der Waals surface area contributed by atoms with Crippen LogP contribution in [0.15, 0.2) is 134 Å². The Bertz CT molecular complexity index is 2390. The number of ether oxygens (including phenoxy) is 1. The van der Waals surface area contributed by atoms with Crippen molar-refractivity contribution in [3.8, 4) is 34.1 Å². The van der Waals surface area contributed by atoms with E-state index in [0.717, 1.165) is 61.6 Å². The Kier molecular flexibility index (Phi) is 6.50. The second-order valence-electron chi connectivity index (χ2n) is 12.9. The topological polar surface area (TPSA) is 35.9 Å². The average Bonchev–Trinajstić information content (AvgIpc) is 3.59. The van der Waals surface area contributed by atoms with Gasteiger partial charge in [0, 0.05) is 23.0 Å². The summed E-state index contributed by atoms with van der Waals surface area (Å²) in [5, 5.41) is 2.33. The van der Waals surface area contributed by atoms with Crippen molar-refractivity contribution in [2.45, 2.75) is 26.2 Å². The number of aromatic nitrogens is 4. The third kappa shape index (κ3) is 4.81. The molecule has 8 rings (SSSR count). The summed E-state index contributed by atoms with van der Waals surface area (Å²) < 4.78 is 13.1. The number of pyridine rings is 1. The first-order valence-electron chi connectivity index (χ1n) is 15.6. The lowest BCUT2D eigenvalue weighted by Gasteiger charge is -2.22. The lowest BCUT2D eigenvalue weighted by atomic mass is 9.86. The van der Waals surface area contributed by atoms with Crippen LogP contribution in [0, 0.1) is 6.33 Å². The van der Waals surface area contributed by atoms with Crippen molar-refractivity contribution in [1.82, 2.24) is 14.1 Å². The normalized spacial score (nSPS) is 11.9. The number of para-hydroxylation sites is 3. The van der Waals surface area contributed by atoms with Gasteiger partial charge in [-0.15, -0.1) is 0 Å². The van der Waals surface area contributed by atoms with Crippen molar-refractivity contribution in [2.75, 3.05) is 0 Å². The van der Waals surface area contributed by atoms with E-state index in [9.17, 15) is 0 Å². The molecule has 0 N–H and O–H groups in total. The van der Waals surface area contributed by atoms with Crippen LogP contribution in [0.1, 0.15) is 26.3 Å². The van der Waals surface area contributed by atoms with Crippen LogP contribution in [-0.4, -0.2) is 14.1 Å². The molecule has 0 saturated carbocycles. The van der Waals surface area contributed by atoms with E-state index in [1.54, 1.807) is 0 Å². The Morgan fingerprint density at radius 3 is 2.22 bits per heavy atom. The first kappa shape index (κ1) is 27.8. The standard InChI is InChI=1S/C41H34N4O/c1-41(2,3)30-23-31(44-27-43(4)37-16-10-11-17-38(37)44)25-33(24-30)46-32-18-19-35-34-14-8-9-15-36(34)45(39(35)26-32)40-22-29(20-21-42-40)28-12-6-5-7-13-28/h5-26H,1-4H3. The molecule has 0 amide bonds. The molecule has 0 unspecified atom stereocenters. The molecule has 0 aliphatic carbocycles. The van der Waals surface area contributed by atoms with Crippen molar-refractivity contribution < 1.29 is 9.30 Å². The van der Waals surface area contributed by atoms with Gasteiger partial charge in [0.1, 0.15) is 17.3 Å². The van der Waals surface area contributed by atoms with Crippen LogP contribution in [0.2, 0.25) is 0 Å². The van der Waals surface area contributed by atoms with E-state index in [4.69, 9.17) is 9.72 Å². The van der Waals surface area contributed by atoms with Crippen LogP contribution in [0.5, 0.6) is 11.5 Å². The van der Waals surface area contributed by atoms with Crippen LogP contribution in [0.4, 0.5) is 0 Å². The summed E-state index contributed by atoms with van der Waals surface area (Å²) in [5.74, 6) is 2.41. The Labute approximate surface area is 268 Å². The van der Waals surface area contributed by atoms with Crippen molar-refractivity contribution in [3.63, 3.8) is 0 Å². The third-order valence-electron chi connectivity index (χ3n) is 8.71. The predicted octanol–water partition coefficient (Wildman–Crippen LogP) is 9.50. The van der Waals surface area contributed by atoms with E-state index in [0.29, 0.717) is 0 Å². The summed E-state index contributed by atoms with van der Waals surface area (Å²) in [6.45, 7) is 6.69. The molecule has 0 radical (unpaired) electrons. The smallest absolute Gasteiger partial charge is 0.244 e. The second-order valence-corrected chi connectivity index (χ2v) is 12.9. The van der Waals surface area contributed by atoms with Gasteiger partial charge in [0.25, 0.3) is 0 Å². The molecule has 0 spiro atoms. The quantitative estimate of drug-likeness (QED) is 0.146. The molecule has 3 heterocycles. The number of fused-ring (bicyclic) bond motifs is 4. The lowest BCUT2D eigenvalue weighted by Crippen LogP contribution is -2.26. The summed E-state index contributed by atoms with van der Waals surface area (Å²) in [6.07, 6.45) is 5.38. The van der Waals surface area contributed by atoms with Gasteiger partial charge in [-0.2, -0.15) is 0 Å². The molecule has 0 saturated heterocycles. The summed E-state index contributed by atoms with van der Waals surface area (Å²) in [7, 11) is 2.03. The van der Waals surface area contributed by atoms with E-state index in [1.807, 2.05) is 23.9 Å². The van der Waals surface area contributed by atoms with Gasteiger partial charge in [-0.25, -0.2) is 4.98 Å². The van der Waals surface area contributed by atoms with Gasteiger partial charge in [-0.3, -0.25) is 4.57 Å². The number of hydrogen-bond donors (Lipinski definition) is 0. The highest BCUT2D eigenvalue weighted by Crippen LogP contribution is 2.37. The third-order valence-corrected chi connectivity index (χ3v) is 8.71. The molecule has 46 heavy (non-hydrogen) atoms. The van der Waals surface area contributed by atoms with Gasteiger partial charge in [0.05, 0.1) is 34.8 Å². The summed E-state index contributed by atoms with van der Waals surface area (Å²) in [6, 6.07) is 44.4. The molecule has 5 nitrogen and oxygen atoms in total. The molecule has 8 aromatic rings. The van der Waals surface area contributed by atoms with E-state index >= 15 is 0 Å². The predicted molar refractivity (Wildman–Crippen MR) is 186 cm³/mol. The first-order chi connectivity index (χ1) is 22.3. The maximum absolute atomic E-state index is 6.72. The lowest BCUT2D eigenvalue weighted by molar-refractivity contribution is -0.649. The fraction of sp³-hybridized carbons (Fsp3) is 0.122. The van der Waals surface area contributed by atoms with Gasteiger partial charge in [0.2, 0.25) is 6.33 Å². The Morgan fingerprint density at radius 2 is 1.39 bits per heavy atom. The number of rotatable bonds is 5. The van der Waals surface area contributed by atoms with E-state index < -0.39 is 0 Å². The molecule has 0 aliphatic heterocycles. The monoisotopic (exact) mass is 598 g/mol. The maximum Gasteiger partial charge on any atom is 0.244 e. The number of imidazole rings is 1. The highest BCUT2D eigenvalue weighted by Gasteiger charge is 2.19. The molecular formula is C41H34N4O. The van der Waals surface area contributed by atoms with Crippen LogP contribution < -0.4 is 9.30 Å². The minimum Gasteiger partial charge on any atom is -0.458 e. The maximum atomic E-state index is 6.72. The molecule has 5 aromatic carbocycles. The highest BCUT2D eigenvalue weighted by atomic mass is 16.5. The molecule has 224 valence electrons. The zero-order chi connectivity index (χ0) is 31.4.